The Morgan fingerprint density at radius 3 is 2.74 bits per heavy atom. The summed E-state index contributed by atoms with van der Waals surface area (Å²) in [6.45, 7) is 0.900. The van der Waals surface area contributed by atoms with Gasteiger partial charge in [-0.2, -0.15) is 0 Å². The van der Waals surface area contributed by atoms with Crippen molar-refractivity contribution in [2.45, 2.75) is 68.8 Å². The smallest absolute Gasteiger partial charge is 0.154 e. The van der Waals surface area contributed by atoms with Gasteiger partial charge in [0.1, 0.15) is 0 Å². The molecule has 0 amide bonds. The van der Waals surface area contributed by atoms with Crippen LogP contribution >= 0.6 is 0 Å². The van der Waals surface area contributed by atoms with Crippen LogP contribution in [0.1, 0.15) is 51.4 Å². The van der Waals surface area contributed by atoms with Crippen molar-refractivity contribution < 1.29 is 13.2 Å². The molecular weight excluding hydrogens is 262 g/mol. The summed E-state index contributed by atoms with van der Waals surface area (Å²) in [7, 11) is -0.988. The third-order valence-electron chi connectivity index (χ3n) is 4.51. The van der Waals surface area contributed by atoms with E-state index in [9.17, 15) is 8.42 Å². The van der Waals surface area contributed by atoms with Gasteiger partial charge in [0.25, 0.3) is 0 Å². The number of hydrogen-bond acceptors (Lipinski definition) is 4. The summed E-state index contributed by atoms with van der Waals surface area (Å²) < 4.78 is 29.9. The van der Waals surface area contributed by atoms with Gasteiger partial charge in [-0.05, 0) is 52.0 Å². The van der Waals surface area contributed by atoms with Crippen molar-refractivity contribution in [3.63, 3.8) is 0 Å². The molecule has 0 aliphatic carbocycles. The van der Waals surface area contributed by atoms with Gasteiger partial charge in [0.2, 0.25) is 0 Å². The lowest BCUT2D eigenvalue weighted by molar-refractivity contribution is 0.101. The molecule has 2 heterocycles. The quantitative estimate of drug-likeness (QED) is 0.811. The molecule has 1 N–H and O–H groups in total. The molecule has 2 aliphatic heterocycles. The zero-order valence-electron chi connectivity index (χ0n) is 11.9. The maximum Gasteiger partial charge on any atom is 0.154 e. The van der Waals surface area contributed by atoms with Crippen LogP contribution in [0.3, 0.4) is 0 Å². The fourth-order valence-corrected chi connectivity index (χ4v) is 5.59. The molecule has 2 fully saturated rings. The Labute approximate surface area is 117 Å². The zero-order valence-corrected chi connectivity index (χ0v) is 12.8. The van der Waals surface area contributed by atoms with Crippen LogP contribution in [0.2, 0.25) is 0 Å². The van der Waals surface area contributed by atoms with Crippen LogP contribution in [-0.4, -0.2) is 45.2 Å². The van der Waals surface area contributed by atoms with Gasteiger partial charge in [-0.3, -0.25) is 0 Å². The summed E-state index contributed by atoms with van der Waals surface area (Å²) in [5, 5.41) is 3.06. The van der Waals surface area contributed by atoms with Gasteiger partial charge >= 0.3 is 0 Å². The van der Waals surface area contributed by atoms with Crippen molar-refractivity contribution in [1.82, 2.24) is 5.32 Å². The van der Waals surface area contributed by atoms with Gasteiger partial charge in [-0.25, -0.2) is 8.42 Å². The van der Waals surface area contributed by atoms with E-state index in [1.165, 1.54) is 12.8 Å². The minimum Gasteiger partial charge on any atom is -0.378 e. The molecule has 0 spiro atoms. The first-order valence-electron chi connectivity index (χ1n) is 7.64. The second-order valence-electron chi connectivity index (χ2n) is 5.86. The van der Waals surface area contributed by atoms with Gasteiger partial charge in [0, 0.05) is 12.6 Å². The Hall–Kier alpha value is -0.130. The van der Waals surface area contributed by atoms with E-state index in [-0.39, 0.29) is 11.3 Å². The molecule has 0 aromatic rings. The summed E-state index contributed by atoms with van der Waals surface area (Å²) in [5.41, 5.74) is 0. The molecule has 5 heteroatoms. The maximum absolute atomic E-state index is 12.1. The predicted octanol–water partition coefficient (Wildman–Crippen LogP) is 1.89. The van der Waals surface area contributed by atoms with Crippen molar-refractivity contribution in [3.05, 3.63) is 0 Å². The number of rotatable bonds is 6. The summed E-state index contributed by atoms with van der Waals surface area (Å²) in [5.74, 6) is 0.377. The lowest BCUT2D eigenvalue weighted by atomic mass is 10.00. The van der Waals surface area contributed by atoms with Gasteiger partial charge in [0.15, 0.2) is 9.84 Å². The predicted molar refractivity (Wildman–Crippen MR) is 77.1 cm³/mol. The average molecular weight is 289 g/mol. The average Bonchev–Trinajstić information content (AvgIpc) is 2.88. The van der Waals surface area contributed by atoms with Crippen molar-refractivity contribution in [1.29, 1.82) is 0 Å². The first-order chi connectivity index (χ1) is 9.13. The lowest BCUT2D eigenvalue weighted by Gasteiger charge is -2.30. The van der Waals surface area contributed by atoms with Crippen LogP contribution in [0.5, 0.6) is 0 Å². The molecule has 0 radical (unpaired) electrons. The fourth-order valence-electron chi connectivity index (χ4n) is 3.38. The van der Waals surface area contributed by atoms with E-state index in [1.54, 1.807) is 0 Å². The first-order valence-corrected chi connectivity index (χ1v) is 9.35. The van der Waals surface area contributed by atoms with Gasteiger partial charge < -0.3 is 10.1 Å². The van der Waals surface area contributed by atoms with E-state index >= 15 is 0 Å². The minimum absolute atomic E-state index is 0.117. The Morgan fingerprint density at radius 1 is 1.26 bits per heavy atom. The van der Waals surface area contributed by atoms with E-state index in [1.807, 2.05) is 7.05 Å². The van der Waals surface area contributed by atoms with E-state index < -0.39 is 9.84 Å². The maximum atomic E-state index is 12.1. The van der Waals surface area contributed by atoms with Crippen molar-refractivity contribution in [2.24, 2.45) is 0 Å². The van der Waals surface area contributed by atoms with Crippen LogP contribution in [0.4, 0.5) is 0 Å². The third kappa shape index (κ3) is 4.17. The summed E-state index contributed by atoms with van der Waals surface area (Å²) in [6, 6.07) is 0.117. The molecule has 3 unspecified atom stereocenters. The lowest BCUT2D eigenvalue weighted by Crippen LogP contribution is -2.45. The van der Waals surface area contributed by atoms with Crippen LogP contribution in [0.15, 0.2) is 0 Å². The Morgan fingerprint density at radius 2 is 2.11 bits per heavy atom. The highest BCUT2D eigenvalue weighted by Gasteiger charge is 2.34. The number of hydrogen-bond donors (Lipinski definition) is 1. The molecule has 19 heavy (non-hydrogen) atoms. The molecule has 0 aromatic heterocycles. The van der Waals surface area contributed by atoms with Crippen LogP contribution in [0, 0.1) is 0 Å². The number of ether oxygens (including phenoxy) is 1. The van der Waals surface area contributed by atoms with Crippen LogP contribution in [0.25, 0.3) is 0 Å². The molecule has 4 nitrogen and oxygen atoms in total. The standard InChI is InChI=1S/C14H27NO3S/c1-15-13(8-4-6-12-7-5-10-18-12)14-9-2-3-11-19(14,16)17/h12-15H,2-11H2,1H3. The second kappa shape index (κ2) is 7.04. The molecule has 0 aromatic carbocycles. The summed E-state index contributed by atoms with van der Waals surface area (Å²) in [6.07, 6.45) is 8.56. The highest BCUT2D eigenvalue weighted by molar-refractivity contribution is 7.92. The first kappa shape index (κ1) is 15.3. The van der Waals surface area contributed by atoms with Gasteiger partial charge in [-0.15, -0.1) is 0 Å². The Bertz CT molecular complexity index is 363. The largest absolute Gasteiger partial charge is 0.378 e. The van der Waals surface area contributed by atoms with Crippen molar-refractivity contribution in [2.75, 3.05) is 19.4 Å². The van der Waals surface area contributed by atoms with E-state index in [0.717, 1.165) is 45.1 Å². The summed E-state index contributed by atoms with van der Waals surface area (Å²) in [4.78, 5) is 0. The molecule has 2 rings (SSSR count). The molecule has 0 bridgehead atoms. The second-order valence-corrected chi connectivity index (χ2v) is 8.20. The molecule has 0 saturated carbocycles. The normalized spacial score (nSPS) is 32.3. The Kier molecular flexibility index (Phi) is 5.66. The van der Waals surface area contributed by atoms with Crippen molar-refractivity contribution in [3.8, 4) is 0 Å². The highest BCUT2D eigenvalue weighted by atomic mass is 32.2. The van der Waals surface area contributed by atoms with Crippen molar-refractivity contribution >= 4 is 9.84 Å². The van der Waals surface area contributed by atoms with Crippen LogP contribution < -0.4 is 5.32 Å². The topological polar surface area (TPSA) is 55.4 Å². The monoisotopic (exact) mass is 289 g/mol. The molecule has 112 valence electrons. The molecule has 2 aliphatic rings. The minimum atomic E-state index is -2.88. The zero-order chi connectivity index (χ0) is 13.7. The van der Waals surface area contributed by atoms with E-state index in [4.69, 9.17) is 4.74 Å². The summed E-state index contributed by atoms with van der Waals surface area (Å²) >= 11 is 0. The number of nitrogens with one attached hydrogen (secondary N) is 1. The van der Waals surface area contributed by atoms with E-state index in [2.05, 4.69) is 5.32 Å². The van der Waals surface area contributed by atoms with E-state index in [0.29, 0.717) is 11.9 Å². The molecule has 3 atom stereocenters. The van der Waals surface area contributed by atoms with Gasteiger partial charge in [0.05, 0.1) is 17.1 Å². The van der Waals surface area contributed by atoms with Crippen LogP contribution in [-0.2, 0) is 14.6 Å². The molecular formula is C14H27NO3S. The Balaban J connectivity index is 1.81. The van der Waals surface area contributed by atoms with Gasteiger partial charge in [-0.1, -0.05) is 6.42 Å². The highest BCUT2D eigenvalue weighted by Crippen LogP contribution is 2.25. The third-order valence-corrected chi connectivity index (χ3v) is 6.86. The molecule has 2 saturated heterocycles. The fraction of sp³-hybridized carbons (Fsp3) is 1.00. The number of sulfone groups is 1. The SMILES string of the molecule is CNC(CCCC1CCCO1)C1CCCCS1(=O)=O.